The number of carboxylic acids is 1. The highest BCUT2D eigenvalue weighted by Crippen LogP contribution is 2.26. The van der Waals surface area contributed by atoms with Gasteiger partial charge in [-0.1, -0.05) is 6.42 Å². The minimum Gasteiger partial charge on any atom is -0.478 e. The molecule has 1 fully saturated rings. The van der Waals surface area contributed by atoms with Gasteiger partial charge in [-0.25, -0.2) is 9.78 Å². The Morgan fingerprint density at radius 3 is 2.88 bits per heavy atom. The molecule has 0 amide bonds. The zero-order valence-electron chi connectivity index (χ0n) is 9.36. The van der Waals surface area contributed by atoms with Crippen LogP contribution in [0.5, 0.6) is 0 Å². The molecule has 1 heterocycles. The van der Waals surface area contributed by atoms with Crippen LogP contribution in [0.1, 0.15) is 35.3 Å². The average molecular weight is 220 g/mol. The molecule has 0 radical (unpaired) electrons. The van der Waals surface area contributed by atoms with E-state index in [9.17, 15) is 4.79 Å². The van der Waals surface area contributed by atoms with E-state index in [1.165, 1.54) is 19.3 Å². The number of hydrogen-bond acceptors (Lipinski definition) is 3. The number of rotatable bonds is 4. The second-order valence-electron chi connectivity index (χ2n) is 4.37. The molecule has 86 valence electrons. The van der Waals surface area contributed by atoms with Gasteiger partial charge < -0.3 is 10.4 Å². The molecule has 1 aromatic heterocycles. The van der Waals surface area contributed by atoms with Crippen LogP contribution in [0.2, 0.25) is 0 Å². The van der Waals surface area contributed by atoms with Gasteiger partial charge in [0.2, 0.25) is 0 Å². The van der Waals surface area contributed by atoms with Crippen molar-refractivity contribution in [2.24, 2.45) is 5.92 Å². The molecule has 0 unspecified atom stereocenters. The summed E-state index contributed by atoms with van der Waals surface area (Å²) in [6.45, 7) is 2.70. The number of aryl methyl sites for hydroxylation is 1. The van der Waals surface area contributed by atoms with E-state index in [2.05, 4.69) is 10.3 Å². The highest BCUT2D eigenvalue weighted by molar-refractivity contribution is 5.88. The topological polar surface area (TPSA) is 62.2 Å². The third kappa shape index (κ3) is 2.51. The van der Waals surface area contributed by atoms with Gasteiger partial charge in [0, 0.05) is 12.2 Å². The molecule has 0 atom stereocenters. The standard InChI is InChI=1S/C12H16N2O2/c1-8-5-10(12(15)16)6-11(14-8)13-7-9-3-2-4-9/h5-6,9H,2-4,7H2,1H3,(H,13,14)(H,15,16). The molecule has 0 saturated heterocycles. The summed E-state index contributed by atoms with van der Waals surface area (Å²) in [6.07, 6.45) is 3.85. The Kier molecular flexibility index (Phi) is 3.08. The van der Waals surface area contributed by atoms with Gasteiger partial charge in [0.15, 0.2) is 0 Å². The van der Waals surface area contributed by atoms with Crippen molar-refractivity contribution >= 4 is 11.8 Å². The zero-order chi connectivity index (χ0) is 11.5. The van der Waals surface area contributed by atoms with Gasteiger partial charge in [-0.15, -0.1) is 0 Å². The van der Waals surface area contributed by atoms with Crippen LogP contribution in [-0.4, -0.2) is 22.6 Å². The van der Waals surface area contributed by atoms with Gasteiger partial charge in [0.05, 0.1) is 5.56 Å². The number of nitrogens with one attached hydrogen (secondary N) is 1. The van der Waals surface area contributed by atoms with Crippen LogP contribution in [-0.2, 0) is 0 Å². The molecular formula is C12H16N2O2. The smallest absolute Gasteiger partial charge is 0.335 e. The van der Waals surface area contributed by atoms with Crippen molar-refractivity contribution in [1.29, 1.82) is 0 Å². The molecule has 0 spiro atoms. The monoisotopic (exact) mass is 220 g/mol. The number of hydrogen-bond donors (Lipinski definition) is 2. The molecule has 4 heteroatoms. The quantitative estimate of drug-likeness (QED) is 0.817. The fraction of sp³-hybridized carbons (Fsp3) is 0.500. The summed E-state index contributed by atoms with van der Waals surface area (Å²) in [5.74, 6) is 0.497. The maximum absolute atomic E-state index is 10.9. The molecule has 1 aromatic rings. The number of aromatic carboxylic acids is 1. The number of nitrogens with zero attached hydrogens (tertiary/aromatic N) is 1. The van der Waals surface area contributed by atoms with Crippen LogP contribution >= 0.6 is 0 Å². The minimum atomic E-state index is -0.905. The number of anilines is 1. The van der Waals surface area contributed by atoms with E-state index in [1.54, 1.807) is 19.1 Å². The Morgan fingerprint density at radius 2 is 2.31 bits per heavy atom. The summed E-state index contributed by atoms with van der Waals surface area (Å²) in [4.78, 5) is 15.1. The Labute approximate surface area is 94.7 Å². The lowest BCUT2D eigenvalue weighted by molar-refractivity contribution is 0.0696. The first-order chi connectivity index (χ1) is 7.65. The molecule has 16 heavy (non-hydrogen) atoms. The van der Waals surface area contributed by atoms with Crippen molar-refractivity contribution < 1.29 is 9.90 Å². The maximum atomic E-state index is 10.9. The lowest BCUT2D eigenvalue weighted by Gasteiger charge is -2.25. The summed E-state index contributed by atoms with van der Waals surface area (Å²) in [5.41, 5.74) is 1.03. The largest absolute Gasteiger partial charge is 0.478 e. The Morgan fingerprint density at radius 1 is 1.56 bits per heavy atom. The predicted octanol–water partition coefficient (Wildman–Crippen LogP) is 2.30. The Bertz CT molecular complexity index is 400. The highest BCUT2D eigenvalue weighted by atomic mass is 16.4. The maximum Gasteiger partial charge on any atom is 0.335 e. The van der Waals surface area contributed by atoms with Crippen LogP contribution in [0, 0.1) is 12.8 Å². The van der Waals surface area contributed by atoms with Crippen molar-refractivity contribution in [2.45, 2.75) is 26.2 Å². The highest BCUT2D eigenvalue weighted by Gasteiger charge is 2.17. The first-order valence-electron chi connectivity index (χ1n) is 5.61. The normalized spacial score (nSPS) is 15.6. The zero-order valence-corrected chi connectivity index (χ0v) is 9.36. The Balaban J connectivity index is 2.04. The molecule has 2 N–H and O–H groups in total. The molecule has 1 saturated carbocycles. The molecule has 0 aliphatic heterocycles. The van der Waals surface area contributed by atoms with E-state index in [0.29, 0.717) is 11.4 Å². The number of carbonyl (C=O) groups is 1. The van der Waals surface area contributed by atoms with Gasteiger partial charge in [-0.2, -0.15) is 0 Å². The van der Waals surface area contributed by atoms with E-state index >= 15 is 0 Å². The summed E-state index contributed by atoms with van der Waals surface area (Å²) in [5, 5.41) is 12.1. The van der Waals surface area contributed by atoms with E-state index in [-0.39, 0.29) is 0 Å². The summed E-state index contributed by atoms with van der Waals surface area (Å²) in [7, 11) is 0. The molecule has 2 rings (SSSR count). The number of aromatic nitrogens is 1. The predicted molar refractivity (Wildman–Crippen MR) is 61.8 cm³/mol. The van der Waals surface area contributed by atoms with E-state index < -0.39 is 5.97 Å². The average Bonchev–Trinajstić information content (AvgIpc) is 2.14. The second-order valence-corrected chi connectivity index (χ2v) is 4.37. The van der Waals surface area contributed by atoms with Crippen molar-refractivity contribution in [3.8, 4) is 0 Å². The van der Waals surface area contributed by atoms with Crippen LogP contribution in [0.4, 0.5) is 5.82 Å². The molecule has 0 aromatic carbocycles. The van der Waals surface area contributed by atoms with E-state index in [4.69, 9.17) is 5.11 Å². The third-order valence-corrected chi connectivity index (χ3v) is 3.00. The summed E-state index contributed by atoms with van der Waals surface area (Å²) < 4.78 is 0. The first-order valence-corrected chi connectivity index (χ1v) is 5.61. The second kappa shape index (κ2) is 4.51. The molecule has 1 aliphatic rings. The molecule has 4 nitrogen and oxygen atoms in total. The fourth-order valence-electron chi connectivity index (χ4n) is 1.83. The van der Waals surface area contributed by atoms with Crippen molar-refractivity contribution in [3.63, 3.8) is 0 Å². The van der Waals surface area contributed by atoms with E-state index in [0.717, 1.165) is 18.2 Å². The third-order valence-electron chi connectivity index (χ3n) is 3.00. The van der Waals surface area contributed by atoms with Gasteiger partial charge in [-0.3, -0.25) is 0 Å². The number of pyridine rings is 1. The lowest BCUT2D eigenvalue weighted by Crippen LogP contribution is -2.21. The molecule has 1 aliphatic carbocycles. The number of carboxylic acid groups (broad SMARTS) is 1. The summed E-state index contributed by atoms with van der Waals surface area (Å²) in [6, 6.07) is 3.17. The van der Waals surface area contributed by atoms with E-state index in [1.807, 2.05) is 0 Å². The molecule has 0 bridgehead atoms. The van der Waals surface area contributed by atoms with Gasteiger partial charge in [-0.05, 0) is 37.8 Å². The molecular weight excluding hydrogens is 204 g/mol. The van der Waals surface area contributed by atoms with Crippen molar-refractivity contribution in [1.82, 2.24) is 4.98 Å². The van der Waals surface area contributed by atoms with Crippen LogP contribution in [0.25, 0.3) is 0 Å². The van der Waals surface area contributed by atoms with Gasteiger partial charge >= 0.3 is 5.97 Å². The van der Waals surface area contributed by atoms with Gasteiger partial charge in [0.25, 0.3) is 0 Å². The van der Waals surface area contributed by atoms with Crippen LogP contribution < -0.4 is 5.32 Å². The Hall–Kier alpha value is -1.58. The van der Waals surface area contributed by atoms with Crippen LogP contribution in [0.3, 0.4) is 0 Å². The van der Waals surface area contributed by atoms with Crippen LogP contribution in [0.15, 0.2) is 12.1 Å². The fourth-order valence-corrected chi connectivity index (χ4v) is 1.83. The van der Waals surface area contributed by atoms with Gasteiger partial charge in [0.1, 0.15) is 5.82 Å². The van der Waals surface area contributed by atoms with Crippen molar-refractivity contribution in [2.75, 3.05) is 11.9 Å². The lowest BCUT2D eigenvalue weighted by atomic mass is 9.85. The summed E-state index contributed by atoms with van der Waals surface area (Å²) >= 11 is 0. The first kappa shape index (κ1) is 10.9. The minimum absolute atomic E-state index is 0.295. The van der Waals surface area contributed by atoms with Crippen molar-refractivity contribution in [3.05, 3.63) is 23.4 Å². The SMILES string of the molecule is Cc1cc(C(=O)O)cc(NCC2CCC2)n1.